The molecule has 1 amide bonds. The summed E-state index contributed by atoms with van der Waals surface area (Å²) in [5.41, 5.74) is 0.783. The van der Waals surface area contributed by atoms with E-state index in [1.54, 1.807) is 19.1 Å². The van der Waals surface area contributed by atoms with E-state index >= 15 is 0 Å². The van der Waals surface area contributed by atoms with Crippen LogP contribution in [0, 0.1) is 23.0 Å². The summed E-state index contributed by atoms with van der Waals surface area (Å²) in [5.74, 6) is -2.11. The summed E-state index contributed by atoms with van der Waals surface area (Å²) < 4.78 is 0. The van der Waals surface area contributed by atoms with Crippen molar-refractivity contribution in [3.8, 4) is 0 Å². The van der Waals surface area contributed by atoms with E-state index in [-0.39, 0.29) is 24.6 Å². The van der Waals surface area contributed by atoms with Crippen molar-refractivity contribution < 1.29 is 19.6 Å². The van der Waals surface area contributed by atoms with Gasteiger partial charge in [-0.3, -0.25) is 19.7 Å². The first-order valence-corrected chi connectivity index (χ1v) is 5.68. The average Bonchev–Trinajstić information content (AvgIpc) is 2.72. The molecule has 19 heavy (non-hydrogen) atoms. The molecule has 0 aromatic heterocycles. The minimum absolute atomic E-state index is 0.0500. The van der Waals surface area contributed by atoms with Crippen molar-refractivity contribution >= 4 is 23.3 Å². The van der Waals surface area contributed by atoms with E-state index in [0.717, 1.165) is 0 Å². The molecule has 0 radical (unpaired) electrons. The Balaban J connectivity index is 2.33. The quantitative estimate of drug-likeness (QED) is 0.655. The molecule has 0 bridgehead atoms. The summed E-state index contributed by atoms with van der Waals surface area (Å²) in [5, 5.41) is 19.7. The lowest BCUT2D eigenvalue weighted by Crippen LogP contribution is -2.25. The number of amides is 1. The van der Waals surface area contributed by atoms with E-state index in [4.69, 9.17) is 5.11 Å². The Morgan fingerprint density at radius 2 is 2.21 bits per heavy atom. The molecule has 1 N–H and O–H groups in total. The highest BCUT2D eigenvalue weighted by Gasteiger charge is 2.35. The summed E-state index contributed by atoms with van der Waals surface area (Å²) in [7, 11) is 0. The highest BCUT2D eigenvalue weighted by Crippen LogP contribution is 2.29. The molecule has 1 aliphatic heterocycles. The number of anilines is 1. The molecule has 1 heterocycles. The van der Waals surface area contributed by atoms with Crippen molar-refractivity contribution in [1.82, 2.24) is 0 Å². The molecule has 1 aliphatic rings. The molecule has 7 heteroatoms. The Kier molecular flexibility index (Phi) is 3.20. The van der Waals surface area contributed by atoms with E-state index < -0.39 is 16.8 Å². The van der Waals surface area contributed by atoms with Crippen LogP contribution in [0.1, 0.15) is 12.0 Å². The predicted molar refractivity (Wildman–Crippen MR) is 65.9 cm³/mol. The van der Waals surface area contributed by atoms with E-state index in [1.165, 1.54) is 11.0 Å². The van der Waals surface area contributed by atoms with Crippen LogP contribution in [0.15, 0.2) is 18.2 Å². The maximum atomic E-state index is 11.7. The van der Waals surface area contributed by atoms with Crippen molar-refractivity contribution in [2.24, 2.45) is 5.92 Å². The fourth-order valence-corrected chi connectivity index (χ4v) is 2.08. The van der Waals surface area contributed by atoms with Crippen LogP contribution in [0.3, 0.4) is 0 Å². The van der Waals surface area contributed by atoms with Gasteiger partial charge in [0.2, 0.25) is 5.91 Å². The fraction of sp³-hybridized carbons (Fsp3) is 0.333. The number of hydrogen-bond acceptors (Lipinski definition) is 4. The number of benzene rings is 1. The highest BCUT2D eigenvalue weighted by molar-refractivity contribution is 5.99. The third kappa shape index (κ3) is 2.40. The van der Waals surface area contributed by atoms with Crippen molar-refractivity contribution in [3.05, 3.63) is 33.9 Å². The number of nitro groups is 1. The first-order valence-electron chi connectivity index (χ1n) is 5.68. The summed E-state index contributed by atoms with van der Waals surface area (Å²) in [6.07, 6.45) is -0.0724. The number of hydrogen-bond donors (Lipinski definition) is 1. The van der Waals surface area contributed by atoms with Gasteiger partial charge >= 0.3 is 5.97 Å². The van der Waals surface area contributed by atoms with Crippen molar-refractivity contribution in [2.75, 3.05) is 11.4 Å². The Labute approximate surface area is 108 Å². The van der Waals surface area contributed by atoms with Crippen molar-refractivity contribution in [2.45, 2.75) is 13.3 Å². The van der Waals surface area contributed by atoms with Gasteiger partial charge in [-0.1, -0.05) is 6.07 Å². The Morgan fingerprint density at radius 1 is 1.53 bits per heavy atom. The largest absolute Gasteiger partial charge is 0.481 e. The van der Waals surface area contributed by atoms with Crippen LogP contribution in [0.2, 0.25) is 0 Å². The molecule has 100 valence electrons. The first kappa shape index (κ1) is 13.0. The number of carboxylic acids is 1. The number of nitro benzene ring substituents is 1. The summed E-state index contributed by atoms with van der Waals surface area (Å²) in [6.45, 7) is 1.65. The van der Waals surface area contributed by atoms with Crippen LogP contribution in [-0.2, 0) is 9.59 Å². The third-order valence-electron chi connectivity index (χ3n) is 3.18. The number of aryl methyl sites for hydroxylation is 1. The molecule has 1 atom stereocenters. The molecule has 7 nitrogen and oxygen atoms in total. The monoisotopic (exact) mass is 264 g/mol. The van der Waals surface area contributed by atoms with E-state index in [2.05, 4.69) is 0 Å². The Hall–Kier alpha value is -2.44. The zero-order valence-electron chi connectivity index (χ0n) is 10.2. The van der Waals surface area contributed by atoms with Gasteiger partial charge in [0, 0.05) is 24.6 Å². The number of carbonyl (C=O) groups excluding carboxylic acids is 1. The second-order valence-corrected chi connectivity index (χ2v) is 4.47. The smallest absolute Gasteiger partial charge is 0.308 e. The average molecular weight is 264 g/mol. The zero-order chi connectivity index (χ0) is 14.2. The maximum Gasteiger partial charge on any atom is 0.308 e. The van der Waals surface area contributed by atoms with Gasteiger partial charge in [-0.25, -0.2) is 0 Å². The van der Waals surface area contributed by atoms with Crippen LogP contribution in [-0.4, -0.2) is 28.5 Å². The minimum Gasteiger partial charge on any atom is -0.481 e. The van der Waals surface area contributed by atoms with Gasteiger partial charge in [-0.15, -0.1) is 0 Å². The molecule has 1 aromatic carbocycles. The van der Waals surface area contributed by atoms with Gasteiger partial charge in [-0.05, 0) is 13.0 Å². The molecule has 1 saturated heterocycles. The molecule has 0 aliphatic carbocycles. The van der Waals surface area contributed by atoms with Gasteiger partial charge in [-0.2, -0.15) is 0 Å². The summed E-state index contributed by atoms with van der Waals surface area (Å²) in [4.78, 5) is 34.2. The number of nitrogens with zero attached hydrogens (tertiary/aromatic N) is 2. The number of rotatable bonds is 3. The molecule has 0 spiro atoms. The third-order valence-corrected chi connectivity index (χ3v) is 3.18. The van der Waals surface area contributed by atoms with Gasteiger partial charge in [0.15, 0.2) is 0 Å². The number of carboxylic acid groups (broad SMARTS) is 1. The number of aliphatic carboxylic acids is 1. The van der Waals surface area contributed by atoms with Crippen molar-refractivity contribution in [1.29, 1.82) is 0 Å². The lowest BCUT2D eigenvalue weighted by Gasteiger charge is -2.16. The minimum atomic E-state index is -1.03. The van der Waals surface area contributed by atoms with E-state index in [1.807, 2.05) is 0 Å². The first-order chi connectivity index (χ1) is 8.90. The highest BCUT2D eigenvalue weighted by atomic mass is 16.6. The predicted octanol–water partition coefficient (Wildman–Crippen LogP) is 1.34. The SMILES string of the molecule is Cc1ccc(N2C[C@H](C(=O)O)CC2=O)cc1[N+](=O)[O-]. The lowest BCUT2D eigenvalue weighted by atomic mass is 10.1. The normalized spacial score (nSPS) is 18.7. The topological polar surface area (TPSA) is 101 Å². The molecule has 2 rings (SSSR count). The number of carbonyl (C=O) groups is 2. The fourth-order valence-electron chi connectivity index (χ4n) is 2.08. The van der Waals surface area contributed by atoms with Crippen molar-refractivity contribution in [3.63, 3.8) is 0 Å². The van der Waals surface area contributed by atoms with Crippen LogP contribution >= 0.6 is 0 Å². The summed E-state index contributed by atoms with van der Waals surface area (Å²) >= 11 is 0. The lowest BCUT2D eigenvalue weighted by molar-refractivity contribution is -0.385. The molecular formula is C12H12N2O5. The summed E-state index contributed by atoms with van der Waals surface area (Å²) in [6, 6.07) is 4.44. The van der Waals surface area contributed by atoms with Gasteiger partial charge in [0.05, 0.1) is 16.5 Å². The molecular weight excluding hydrogens is 252 g/mol. The standard InChI is InChI=1S/C12H12N2O5/c1-7-2-3-9(5-10(7)14(18)19)13-6-8(12(16)17)4-11(13)15/h2-3,5,8H,4,6H2,1H3,(H,16,17)/t8-/m1/s1. The van der Waals surface area contributed by atoms with Gasteiger partial charge in [0.1, 0.15) is 0 Å². The molecule has 0 unspecified atom stereocenters. The Morgan fingerprint density at radius 3 is 2.74 bits per heavy atom. The van der Waals surface area contributed by atoms with Crippen LogP contribution in [0.4, 0.5) is 11.4 Å². The second-order valence-electron chi connectivity index (χ2n) is 4.47. The Bertz CT molecular complexity index is 569. The van der Waals surface area contributed by atoms with Gasteiger partial charge in [0.25, 0.3) is 5.69 Å². The molecule has 0 saturated carbocycles. The van der Waals surface area contributed by atoms with E-state index in [0.29, 0.717) is 11.3 Å². The molecule has 1 aromatic rings. The zero-order valence-corrected chi connectivity index (χ0v) is 10.2. The van der Waals surface area contributed by atoms with Gasteiger partial charge < -0.3 is 10.0 Å². The second kappa shape index (κ2) is 4.68. The molecule has 1 fully saturated rings. The van der Waals surface area contributed by atoms with Crippen LogP contribution in [0.25, 0.3) is 0 Å². The van der Waals surface area contributed by atoms with E-state index in [9.17, 15) is 19.7 Å². The van der Waals surface area contributed by atoms with Crippen LogP contribution < -0.4 is 4.90 Å². The van der Waals surface area contributed by atoms with Crippen LogP contribution in [0.5, 0.6) is 0 Å². The maximum absolute atomic E-state index is 11.7.